The summed E-state index contributed by atoms with van der Waals surface area (Å²) in [6.45, 7) is 4.83. The third kappa shape index (κ3) is 3.64. The number of imidazole rings is 1. The van der Waals surface area contributed by atoms with Gasteiger partial charge in [0, 0.05) is 18.1 Å². The average molecular weight is 405 g/mol. The lowest BCUT2D eigenvalue weighted by atomic mass is 10.2. The van der Waals surface area contributed by atoms with Crippen molar-refractivity contribution in [2.75, 3.05) is 0 Å². The normalized spacial score (nSPS) is 11.4. The number of nitrogens with zero attached hydrogens (tertiary/aromatic N) is 4. The maximum atomic E-state index is 13.3. The van der Waals surface area contributed by atoms with Crippen LogP contribution in [0.1, 0.15) is 44.5 Å². The van der Waals surface area contributed by atoms with Gasteiger partial charge in [-0.15, -0.1) is 0 Å². The molecule has 0 aliphatic heterocycles. The maximum Gasteiger partial charge on any atom is 0.333 e. The Bertz CT molecular complexity index is 1100. The van der Waals surface area contributed by atoms with Gasteiger partial charge in [0.15, 0.2) is 11.2 Å². The molecule has 0 amide bonds. The predicted molar refractivity (Wildman–Crippen MR) is 110 cm³/mol. The van der Waals surface area contributed by atoms with E-state index in [4.69, 9.17) is 11.6 Å². The second-order valence-corrected chi connectivity index (χ2v) is 7.19. The molecule has 1 aromatic carbocycles. The van der Waals surface area contributed by atoms with E-state index in [0.29, 0.717) is 40.7 Å². The fourth-order valence-electron chi connectivity index (χ4n) is 3.37. The summed E-state index contributed by atoms with van der Waals surface area (Å²) in [6, 6.07) is 7.17. The molecule has 3 aromatic rings. The first-order valence-corrected chi connectivity index (χ1v) is 9.98. The van der Waals surface area contributed by atoms with Gasteiger partial charge in [-0.3, -0.25) is 13.9 Å². The third-order valence-corrected chi connectivity index (χ3v) is 5.17. The Labute approximate surface area is 167 Å². The molecule has 0 fully saturated rings. The molecule has 0 spiro atoms. The van der Waals surface area contributed by atoms with Gasteiger partial charge in [-0.1, -0.05) is 50.1 Å². The fraction of sp³-hybridized carbons (Fsp3) is 0.450. The molecule has 150 valence electrons. The molecule has 0 saturated carbocycles. The summed E-state index contributed by atoms with van der Waals surface area (Å²) in [4.78, 5) is 30.9. The molecule has 0 saturated heterocycles. The number of rotatable bonds is 8. The molecule has 8 heteroatoms. The Kier molecular flexibility index (Phi) is 6.36. The highest BCUT2D eigenvalue weighted by atomic mass is 35.5. The Morgan fingerprint density at radius 3 is 2.43 bits per heavy atom. The second-order valence-electron chi connectivity index (χ2n) is 6.78. The van der Waals surface area contributed by atoms with Crippen molar-refractivity contribution in [1.29, 1.82) is 0 Å². The number of hydrogen-bond acceptors (Lipinski definition) is 4. The van der Waals surface area contributed by atoms with Crippen LogP contribution in [0.4, 0.5) is 0 Å². The minimum absolute atomic E-state index is 0.0885. The summed E-state index contributed by atoms with van der Waals surface area (Å²) in [5.74, 6) is 0.397. The van der Waals surface area contributed by atoms with E-state index >= 15 is 0 Å². The van der Waals surface area contributed by atoms with Crippen molar-refractivity contribution in [3.63, 3.8) is 0 Å². The van der Waals surface area contributed by atoms with E-state index in [2.05, 4.69) is 4.98 Å². The minimum atomic E-state index is -0.409. The average Bonchev–Trinajstić information content (AvgIpc) is 3.05. The van der Waals surface area contributed by atoms with Crippen molar-refractivity contribution in [3.05, 3.63) is 61.5 Å². The molecular formula is C20H25ClN4O3. The maximum absolute atomic E-state index is 13.3. The third-order valence-electron chi connectivity index (χ3n) is 4.80. The lowest BCUT2D eigenvalue weighted by Gasteiger charge is -2.13. The summed E-state index contributed by atoms with van der Waals surface area (Å²) >= 11 is 6.25. The molecule has 0 atom stereocenters. The smallest absolute Gasteiger partial charge is 0.333 e. The van der Waals surface area contributed by atoms with Crippen LogP contribution in [-0.4, -0.2) is 23.8 Å². The van der Waals surface area contributed by atoms with Gasteiger partial charge < -0.3 is 9.67 Å². The molecule has 0 radical (unpaired) electrons. The van der Waals surface area contributed by atoms with Crippen molar-refractivity contribution in [2.45, 2.75) is 59.4 Å². The van der Waals surface area contributed by atoms with Gasteiger partial charge in [-0.05, 0) is 24.5 Å². The van der Waals surface area contributed by atoms with Crippen LogP contribution in [0.5, 0.6) is 0 Å². The van der Waals surface area contributed by atoms with Crippen LogP contribution in [-0.2, 0) is 26.2 Å². The number of aromatic nitrogens is 4. The van der Waals surface area contributed by atoms with Crippen molar-refractivity contribution in [2.24, 2.45) is 0 Å². The number of aliphatic hydroxyl groups excluding tert-OH is 1. The number of unbranched alkanes of at least 4 members (excludes halogenated alkanes) is 1. The molecular weight excluding hydrogens is 380 g/mol. The van der Waals surface area contributed by atoms with Crippen molar-refractivity contribution < 1.29 is 5.11 Å². The number of fused-ring (bicyclic) bond motifs is 1. The molecule has 28 heavy (non-hydrogen) atoms. The molecule has 7 nitrogen and oxygen atoms in total. The lowest BCUT2D eigenvalue weighted by molar-refractivity contribution is 0.265. The zero-order chi connectivity index (χ0) is 20.3. The molecule has 2 heterocycles. The van der Waals surface area contributed by atoms with Crippen LogP contribution in [0.3, 0.4) is 0 Å². The van der Waals surface area contributed by atoms with Crippen LogP contribution in [0, 0.1) is 0 Å². The second kappa shape index (κ2) is 8.75. The first-order chi connectivity index (χ1) is 13.5. The standard InChI is InChI=1S/C20H25ClN4O3/c1-3-5-11-24-18-17(23(10-4-2)16(13-26)22-18)19(27)25(20(24)28)12-14-8-6-7-9-15(14)21/h6-9,26H,3-5,10-13H2,1-2H3. The number of hydrogen-bond donors (Lipinski definition) is 1. The van der Waals surface area contributed by atoms with Crippen molar-refractivity contribution >= 4 is 22.8 Å². The zero-order valence-corrected chi connectivity index (χ0v) is 16.9. The molecule has 0 bridgehead atoms. The number of aryl methyl sites for hydroxylation is 2. The molecule has 0 unspecified atom stereocenters. The summed E-state index contributed by atoms with van der Waals surface area (Å²) in [5, 5.41) is 10.2. The van der Waals surface area contributed by atoms with Crippen molar-refractivity contribution in [3.8, 4) is 0 Å². The monoisotopic (exact) mass is 404 g/mol. The van der Waals surface area contributed by atoms with E-state index in [1.807, 2.05) is 19.9 Å². The van der Waals surface area contributed by atoms with Gasteiger partial charge in [0.1, 0.15) is 12.4 Å². The molecule has 0 aliphatic rings. The topological polar surface area (TPSA) is 82.1 Å². The summed E-state index contributed by atoms with van der Waals surface area (Å²) in [6.07, 6.45) is 2.46. The predicted octanol–water partition coefficient (Wildman–Crippen LogP) is 2.76. The van der Waals surface area contributed by atoms with E-state index in [1.165, 1.54) is 4.57 Å². The van der Waals surface area contributed by atoms with E-state index in [-0.39, 0.29) is 13.2 Å². The fourth-order valence-corrected chi connectivity index (χ4v) is 3.57. The van der Waals surface area contributed by atoms with Crippen LogP contribution in [0.15, 0.2) is 33.9 Å². The SMILES string of the molecule is CCCCn1c(=O)n(Cc2ccccc2Cl)c(=O)c2c1nc(CO)n2CCC. The Balaban J connectivity index is 2.31. The van der Waals surface area contributed by atoms with Crippen LogP contribution in [0.25, 0.3) is 11.2 Å². The number of benzene rings is 1. The summed E-state index contributed by atoms with van der Waals surface area (Å²) in [5.41, 5.74) is 0.587. The Hall–Kier alpha value is -2.38. The van der Waals surface area contributed by atoms with Gasteiger partial charge >= 0.3 is 5.69 Å². The van der Waals surface area contributed by atoms with E-state index in [1.54, 1.807) is 27.3 Å². The molecule has 3 rings (SSSR count). The molecule has 1 N–H and O–H groups in total. The Morgan fingerprint density at radius 2 is 1.79 bits per heavy atom. The van der Waals surface area contributed by atoms with Gasteiger partial charge in [0.25, 0.3) is 5.56 Å². The summed E-state index contributed by atoms with van der Waals surface area (Å²) < 4.78 is 4.49. The van der Waals surface area contributed by atoms with E-state index < -0.39 is 11.2 Å². The molecule has 0 aliphatic carbocycles. The highest BCUT2D eigenvalue weighted by molar-refractivity contribution is 6.31. The highest BCUT2D eigenvalue weighted by Gasteiger charge is 2.21. The van der Waals surface area contributed by atoms with Crippen LogP contribution in [0.2, 0.25) is 5.02 Å². The zero-order valence-electron chi connectivity index (χ0n) is 16.2. The molecule has 2 aromatic heterocycles. The van der Waals surface area contributed by atoms with E-state index in [9.17, 15) is 14.7 Å². The first kappa shape index (κ1) is 20.4. The number of halogens is 1. The Morgan fingerprint density at radius 1 is 1.04 bits per heavy atom. The van der Waals surface area contributed by atoms with Gasteiger partial charge in [0.05, 0.1) is 6.54 Å². The van der Waals surface area contributed by atoms with E-state index in [0.717, 1.165) is 19.3 Å². The van der Waals surface area contributed by atoms with Gasteiger partial charge in [0.2, 0.25) is 0 Å². The summed E-state index contributed by atoms with van der Waals surface area (Å²) in [7, 11) is 0. The van der Waals surface area contributed by atoms with Crippen LogP contribution >= 0.6 is 11.6 Å². The van der Waals surface area contributed by atoms with Crippen molar-refractivity contribution in [1.82, 2.24) is 18.7 Å². The lowest BCUT2D eigenvalue weighted by Crippen LogP contribution is -2.41. The highest BCUT2D eigenvalue weighted by Crippen LogP contribution is 2.17. The van der Waals surface area contributed by atoms with Crippen LogP contribution < -0.4 is 11.2 Å². The number of aliphatic hydroxyl groups is 1. The minimum Gasteiger partial charge on any atom is -0.388 e. The van der Waals surface area contributed by atoms with Gasteiger partial charge in [-0.2, -0.15) is 0 Å². The first-order valence-electron chi connectivity index (χ1n) is 9.60. The largest absolute Gasteiger partial charge is 0.388 e. The quantitative estimate of drug-likeness (QED) is 0.625. The van der Waals surface area contributed by atoms with Gasteiger partial charge in [-0.25, -0.2) is 9.78 Å².